The van der Waals surface area contributed by atoms with E-state index in [1.165, 1.54) is 29.0 Å². The minimum atomic E-state index is -0.617. The summed E-state index contributed by atoms with van der Waals surface area (Å²) in [5, 5.41) is 12.8. The lowest BCUT2D eigenvalue weighted by molar-refractivity contribution is 0.0919. The van der Waals surface area contributed by atoms with E-state index in [1.54, 1.807) is 17.6 Å². The Kier molecular flexibility index (Phi) is 6.81. The van der Waals surface area contributed by atoms with E-state index in [2.05, 4.69) is 10.3 Å². The molecule has 1 fully saturated rings. The van der Waals surface area contributed by atoms with Gasteiger partial charge in [-0.3, -0.25) is 18.9 Å². The van der Waals surface area contributed by atoms with Crippen molar-refractivity contribution >= 4 is 28.5 Å². The Balaban J connectivity index is 1.33. The van der Waals surface area contributed by atoms with Crippen molar-refractivity contribution in [3.05, 3.63) is 92.9 Å². The molecule has 0 saturated heterocycles. The van der Waals surface area contributed by atoms with Gasteiger partial charge in [0, 0.05) is 18.8 Å². The maximum absolute atomic E-state index is 13.9. The summed E-state index contributed by atoms with van der Waals surface area (Å²) in [4.78, 5) is 30.5. The molecule has 37 heavy (non-hydrogen) atoms. The van der Waals surface area contributed by atoms with Gasteiger partial charge >= 0.3 is 5.69 Å². The molecule has 0 radical (unpaired) electrons. The van der Waals surface area contributed by atoms with Crippen molar-refractivity contribution in [3.63, 3.8) is 0 Å². The molecule has 0 aliphatic heterocycles. The van der Waals surface area contributed by atoms with Crippen molar-refractivity contribution in [2.75, 3.05) is 0 Å². The highest BCUT2D eigenvalue weighted by Gasteiger charge is 2.26. The quantitative estimate of drug-likeness (QED) is 0.396. The molecule has 2 heterocycles. The lowest BCUT2D eigenvalue weighted by atomic mass is 9.85. The Labute approximate surface area is 218 Å². The Morgan fingerprint density at radius 2 is 1.89 bits per heavy atom. The average Bonchev–Trinajstić information content (AvgIpc) is 3.18. The summed E-state index contributed by atoms with van der Waals surface area (Å²) >= 11 is 6.01. The van der Waals surface area contributed by atoms with Crippen molar-refractivity contribution < 1.29 is 9.18 Å². The lowest BCUT2D eigenvalue weighted by Gasteiger charge is -2.29. The molecule has 188 valence electrons. The van der Waals surface area contributed by atoms with Crippen LogP contribution in [0.3, 0.4) is 0 Å². The molecule has 7 nitrogen and oxygen atoms in total. The highest BCUT2D eigenvalue weighted by Crippen LogP contribution is 2.28. The molecule has 9 heteroatoms. The van der Waals surface area contributed by atoms with E-state index in [-0.39, 0.29) is 29.1 Å². The highest BCUT2D eigenvalue weighted by atomic mass is 35.5. The summed E-state index contributed by atoms with van der Waals surface area (Å²) < 4.78 is 17.2. The summed E-state index contributed by atoms with van der Waals surface area (Å²) in [6.07, 6.45) is 4.86. The van der Waals surface area contributed by atoms with Crippen LogP contribution in [-0.2, 0) is 6.54 Å². The summed E-state index contributed by atoms with van der Waals surface area (Å²) in [6, 6.07) is 15.1. The van der Waals surface area contributed by atoms with Crippen LogP contribution in [0.1, 0.15) is 47.3 Å². The van der Waals surface area contributed by atoms with Gasteiger partial charge in [-0.25, -0.2) is 9.18 Å². The number of fused-ring (bicyclic) bond motifs is 1. The van der Waals surface area contributed by atoms with E-state index in [9.17, 15) is 19.2 Å². The van der Waals surface area contributed by atoms with Crippen LogP contribution < -0.4 is 11.0 Å². The van der Waals surface area contributed by atoms with E-state index in [4.69, 9.17) is 11.6 Å². The molecule has 2 aromatic heterocycles. The first-order chi connectivity index (χ1) is 17.9. The van der Waals surface area contributed by atoms with Crippen molar-refractivity contribution in [2.24, 2.45) is 5.92 Å². The zero-order chi connectivity index (χ0) is 26.1. The van der Waals surface area contributed by atoms with Crippen LogP contribution in [0.15, 0.2) is 59.5 Å². The third-order valence-electron chi connectivity index (χ3n) is 7.09. The first-order valence-corrected chi connectivity index (χ1v) is 12.6. The number of para-hydroxylation sites is 2. The number of nitrogens with zero attached hydrogens (tertiary/aromatic N) is 4. The van der Waals surface area contributed by atoms with Gasteiger partial charge in [0.1, 0.15) is 11.9 Å². The van der Waals surface area contributed by atoms with Gasteiger partial charge in [0.25, 0.3) is 5.91 Å². The molecule has 0 bridgehead atoms. The topological polar surface area (TPSA) is 92.7 Å². The predicted molar refractivity (Wildman–Crippen MR) is 139 cm³/mol. The van der Waals surface area contributed by atoms with E-state index in [0.717, 1.165) is 31.2 Å². The summed E-state index contributed by atoms with van der Waals surface area (Å²) in [5.74, 6) is -0.525. The van der Waals surface area contributed by atoms with Crippen molar-refractivity contribution in [1.82, 2.24) is 19.4 Å². The zero-order valence-corrected chi connectivity index (χ0v) is 21.0. The van der Waals surface area contributed by atoms with Crippen molar-refractivity contribution in [3.8, 4) is 11.8 Å². The largest absolute Gasteiger partial charge is 0.349 e. The Morgan fingerprint density at radius 3 is 2.62 bits per heavy atom. The maximum atomic E-state index is 13.9. The van der Waals surface area contributed by atoms with Crippen LogP contribution in [0.25, 0.3) is 16.7 Å². The fourth-order valence-electron chi connectivity index (χ4n) is 5.12. The standard InChI is InChI=1S/C28H25ClFN5O2/c1-17-23(13-20(29)15-32-17)27(36)33-21-8-6-18(7-9-21)16-34-25-4-2-3-5-26(25)35(28(34)37)22-10-11-24(30)19(12-22)14-31/h2-5,10-13,15,18,21H,6-9,16H2,1H3,(H,33,36). The molecular formula is C28H25ClFN5O2. The molecule has 1 saturated carbocycles. The van der Waals surface area contributed by atoms with Crippen LogP contribution in [-0.4, -0.2) is 26.1 Å². The molecule has 1 N–H and O–H groups in total. The monoisotopic (exact) mass is 517 g/mol. The fourth-order valence-corrected chi connectivity index (χ4v) is 5.28. The summed E-state index contributed by atoms with van der Waals surface area (Å²) in [7, 11) is 0. The summed E-state index contributed by atoms with van der Waals surface area (Å²) in [6.45, 7) is 2.32. The number of carbonyl (C=O) groups is 1. The van der Waals surface area contributed by atoms with Gasteiger partial charge in [0.05, 0.1) is 38.6 Å². The van der Waals surface area contributed by atoms with Crippen LogP contribution in [0.4, 0.5) is 4.39 Å². The van der Waals surface area contributed by atoms with Crippen LogP contribution in [0.5, 0.6) is 0 Å². The van der Waals surface area contributed by atoms with Crippen molar-refractivity contribution in [1.29, 1.82) is 5.26 Å². The molecule has 0 unspecified atom stereocenters. The SMILES string of the molecule is Cc1ncc(Cl)cc1C(=O)NC1CCC(Cn2c(=O)n(-c3ccc(F)c(C#N)c3)c3ccccc32)CC1. The van der Waals surface area contributed by atoms with Gasteiger partial charge in [-0.05, 0) is 74.9 Å². The van der Waals surface area contributed by atoms with E-state index in [1.807, 2.05) is 30.3 Å². The fraction of sp³-hybridized carbons (Fsp3) is 0.286. The van der Waals surface area contributed by atoms with Gasteiger partial charge in [-0.1, -0.05) is 23.7 Å². The molecule has 0 atom stereocenters. The number of benzene rings is 2. The molecule has 5 rings (SSSR count). The van der Waals surface area contributed by atoms with Crippen LogP contribution >= 0.6 is 11.6 Å². The number of amides is 1. The maximum Gasteiger partial charge on any atom is 0.333 e. The number of aryl methyl sites for hydroxylation is 1. The Bertz CT molecular complexity index is 1590. The molecule has 4 aromatic rings. The normalized spacial score (nSPS) is 17.5. The third-order valence-corrected chi connectivity index (χ3v) is 7.29. The minimum Gasteiger partial charge on any atom is -0.349 e. The van der Waals surface area contributed by atoms with Crippen LogP contribution in [0.2, 0.25) is 5.02 Å². The predicted octanol–water partition coefficient (Wildman–Crippen LogP) is 5.15. The lowest BCUT2D eigenvalue weighted by Crippen LogP contribution is -2.39. The van der Waals surface area contributed by atoms with Gasteiger partial charge in [0.15, 0.2) is 0 Å². The number of pyridine rings is 1. The van der Waals surface area contributed by atoms with Gasteiger partial charge in [-0.2, -0.15) is 5.26 Å². The van der Waals surface area contributed by atoms with Gasteiger partial charge in [0.2, 0.25) is 0 Å². The first kappa shape index (κ1) is 24.7. The number of hydrogen-bond donors (Lipinski definition) is 1. The first-order valence-electron chi connectivity index (χ1n) is 12.2. The number of imidazole rings is 1. The number of carbonyl (C=O) groups excluding carboxylic acids is 1. The van der Waals surface area contributed by atoms with Gasteiger partial charge < -0.3 is 5.32 Å². The molecule has 1 aliphatic carbocycles. The Morgan fingerprint density at radius 1 is 1.16 bits per heavy atom. The van der Waals surface area contributed by atoms with E-state index < -0.39 is 5.82 Å². The number of halogens is 2. The smallest absolute Gasteiger partial charge is 0.333 e. The Hall–Kier alpha value is -3.96. The molecule has 1 aliphatic rings. The third kappa shape index (κ3) is 4.87. The highest BCUT2D eigenvalue weighted by molar-refractivity contribution is 6.30. The number of nitrogens with one attached hydrogen (secondary N) is 1. The molecule has 1 amide bonds. The second-order valence-electron chi connectivity index (χ2n) is 9.47. The number of rotatable bonds is 5. The minimum absolute atomic E-state index is 0.0452. The number of nitriles is 1. The second-order valence-corrected chi connectivity index (χ2v) is 9.91. The molecule has 0 spiro atoms. The second kappa shape index (κ2) is 10.2. The molecular weight excluding hydrogens is 493 g/mol. The average molecular weight is 518 g/mol. The molecule has 2 aromatic carbocycles. The van der Waals surface area contributed by atoms with Gasteiger partial charge in [-0.15, -0.1) is 0 Å². The van der Waals surface area contributed by atoms with E-state index >= 15 is 0 Å². The van der Waals surface area contributed by atoms with Crippen molar-refractivity contribution in [2.45, 2.75) is 45.2 Å². The zero-order valence-electron chi connectivity index (χ0n) is 20.2. The summed E-state index contributed by atoms with van der Waals surface area (Å²) in [5.41, 5.74) is 2.73. The van der Waals surface area contributed by atoms with E-state index in [0.29, 0.717) is 34.0 Å². The number of hydrogen-bond acceptors (Lipinski definition) is 4. The van der Waals surface area contributed by atoms with Crippen LogP contribution in [0, 0.1) is 30.0 Å². The number of aromatic nitrogens is 3.